The van der Waals surface area contributed by atoms with Crippen molar-refractivity contribution in [2.24, 2.45) is 0 Å². The molecule has 7 heteroatoms. The minimum Gasteiger partial charge on any atom is -0.183 e. The third-order valence-corrected chi connectivity index (χ3v) is 1.44. The molecule has 0 aliphatic heterocycles. The Kier molecular flexibility index (Phi) is 4.32. The van der Waals surface area contributed by atoms with Crippen LogP contribution in [0.4, 0.5) is 26.3 Å². The molecule has 0 saturated heterocycles. The largest absolute Gasteiger partial charge is 1.00 e. The van der Waals surface area contributed by atoms with Gasteiger partial charge < -0.3 is 0 Å². The molecule has 0 aromatic heterocycles. The average molecular weight is 220 g/mol. The Hall–Kier alpha value is -0.603. The molecular formula is C8H3F6Li. The molecule has 0 saturated carbocycles. The van der Waals surface area contributed by atoms with E-state index in [4.69, 9.17) is 0 Å². The van der Waals surface area contributed by atoms with Crippen LogP contribution in [0.15, 0.2) is 18.2 Å². The molecule has 0 spiro atoms. The molecule has 0 aliphatic carbocycles. The second kappa shape index (κ2) is 4.50. The fraction of sp³-hybridized carbons (Fsp3) is 0.250. The molecule has 1 aromatic rings. The normalized spacial score (nSPS) is 12.1. The minimum atomic E-state index is -4.78. The first-order valence-corrected chi connectivity index (χ1v) is 3.37. The second-order valence-electron chi connectivity index (χ2n) is 2.51. The van der Waals surface area contributed by atoms with E-state index in [-0.39, 0.29) is 24.9 Å². The van der Waals surface area contributed by atoms with Crippen molar-refractivity contribution >= 4 is 0 Å². The van der Waals surface area contributed by atoms with Crippen molar-refractivity contribution in [3.63, 3.8) is 0 Å². The van der Waals surface area contributed by atoms with Crippen molar-refractivity contribution in [1.82, 2.24) is 0 Å². The second-order valence-corrected chi connectivity index (χ2v) is 2.51. The first-order chi connectivity index (χ1) is 6.21. The molecule has 78 valence electrons. The van der Waals surface area contributed by atoms with E-state index in [0.29, 0.717) is 12.1 Å². The van der Waals surface area contributed by atoms with E-state index in [2.05, 4.69) is 0 Å². The molecule has 1 aromatic carbocycles. The maximum Gasteiger partial charge on any atom is 1.00 e. The Morgan fingerprint density at radius 1 is 0.800 bits per heavy atom. The number of hydrogen-bond acceptors (Lipinski definition) is 0. The van der Waals surface area contributed by atoms with Gasteiger partial charge in [-0.05, 0) is 0 Å². The predicted octanol–water partition coefficient (Wildman–Crippen LogP) is 0.528. The summed E-state index contributed by atoms with van der Waals surface area (Å²) in [5.74, 6) is 0. The third kappa shape index (κ3) is 3.80. The molecule has 0 radical (unpaired) electrons. The Morgan fingerprint density at radius 2 is 1.13 bits per heavy atom. The van der Waals surface area contributed by atoms with E-state index in [1.807, 2.05) is 0 Å². The fourth-order valence-corrected chi connectivity index (χ4v) is 0.799. The van der Waals surface area contributed by atoms with Gasteiger partial charge >= 0.3 is 31.2 Å². The van der Waals surface area contributed by atoms with Crippen LogP contribution >= 0.6 is 0 Å². The van der Waals surface area contributed by atoms with Crippen LogP contribution in [0.2, 0.25) is 0 Å². The molecule has 0 aliphatic rings. The van der Waals surface area contributed by atoms with E-state index in [0.717, 1.165) is 0 Å². The molecule has 0 fully saturated rings. The number of alkyl halides is 6. The van der Waals surface area contributed by atoms with Crippen LogP contribution in [0, 0.1) is 6.07 Å². The number of rotatable bonds is 0. The number of benzene rings is 1. The van der Waals surface area contributed by atoms with E-state index in [1.165, 1.54) is 0 Å². The van der Waals surface area contributed by atoms with Crippen molar-refractivity contribution in [2.45, 2.75) is 12.4 Å². The summed E-state index contributed by atoms with van der Waals surface area (Å²) in [5, 5.41) is 0. The Morgan fingerprint density at radius 3 is 1.40 bits per heavy atom. The molecule has 0 unspecified atom stereocenters. The van der Waals surface area contributed by atoms with Gasteiger partial charge in [0.1, 0.15) is 0 Å². The third-order valence-electron chi connectivity index (χ3n) is 1.44. The van der Waals surface area contributed by atoms with Gasteiger partial charge in [0, 0.05) is 0 Å². The van der Waals surface area contributed by atoms with E-state index in [9.17, 15) is 26.3 Å². The summed E-state index contributed by atoms with van der Waals surface area (Å²) in [6.45, 7) is 0. The van der Waals surface area contributed by atoms with Gasteiger partial charge in [-0.15, -0.1) is 6.07 Å². The SMILES string of the molecule is FC(F)(F)c1c[c-]cc(C(F)(F)F)c1.[Li+]. The van der Waals surface area contributed by atoms with Gasteiger partial charge in [-0.3, -0.25) is 0 Å². The smallest absolute Gasteiger partial charge is 0.183 e. The predicted molar refractivity (Wildman–Crippen MR) is 35.3 cm³/mol. The summed E-state index contributed by atoms with van der Waals surface area (Å²) < 4.78 is 71.8. The number of hydrogen-bond donors (Lipinski definition) is 0. The van der Waals surface area contributed by atoms with E-state index >= 15 is 0 Å². The molecular weight excluding hydrogens is 217 g/mol. The van der Waals surface area contributed by atoms with Crippen LogP contribution in [0.3, 0.4) is 0 Å². The molecule has 15 heavy (non-hydrogen) atoms. The Labute approximate surface area is 93.5 Å². The van der Waals surface area contributed by atoms with Gasteiger partial charge in [0.25, 0.3) is 0 Å². The molecule has 0 nitrogen and oxygen atoms in total. The topological polar surface area (TPSA) is 0 Å². The zero-order valence-corrected chi connectivity index (χ0v) is 7.50. The van der Waals surface area contributed by atoms with Crippen molar-refractivity contribution in [3.05, 3.63) is 35.4 Å². The van der Waals surface area contributed by atoms with Crippen molar-refractivity contribution in [2.75, 3.05) is 0 Å². The average Bonchev–Trinajstić information content (AvgIpc) is 2.01. The van der Waals surface area contributed by atoms with Crippen LogP contribution < -0.4 is 18.9 Å². The number of halogens is 6. The quantitative estimate of drug-likeness (QED) is 0.340. The maximum absolute atomic E-state index is 12.0. The van der Waals surface area contributed by atoms with Crippen LogP contribution in [0.25, 0.3) is 0 Å². The van der Waals surface area contributed by atoms with Gasteiger partial charge in [-0.2, -0.15) is 44.5 Å². The Balaban J connectivity index is 0.00000196. The van der Waals surface area contributed by atoms with Gasteiger partial charge in [-0.25, -0.2) is 0 Å². The fourth-order valence-electron chi connectivity index (χ4n) is 0.799. The zero-order valence-electron chi connectivity index (χ0n) is 7.50. The van der Waals surface area contributed by atoms with E-state index < -0.39 is 23.5 Å². The van der Waals surface area contributed by atoms with Gasteiger partial charge in [0.2, 0.25) is 0 Å². The van der Waals surface area contributed by atoms with Crippen LogP contribution in [0.5, 0.6) is 0 Å². The summed E-state index contributed by atoms with van der Waals surface area (Å²) >= 11 is 0. The van der Waals surface area contributed by atoms with Crippen LogP contribution in [-0.2, 0) is 12.4 Å². The van der Waals surface area contributed by atoms with Crippen molar-refractivity contribution < 1.29 is 45.2 Å². The molecule has 0 N–H and O–H groups in total. The summed E-state index contributed by atoms with van der Waals surface area (Å²) in [6, 6.07) is 2.79. The first-order valence-electron chi connectivity index (χ1n) is 3.37. The molecule has 1 rings (SSSR count). The van der Waals surface area contributed by atoms with Gasteiger partial charge in [-0.1, -0.05) is 11.1 Å². The summed E-state index contributed by atoms with van der Waals surface area (Å²) in [5.41, 5.74) is -2.71. The van der Waals surface area contributed by atoms with E-state index in [1.54, 1.807) is 6.07 Å². The van der Waals surface area contributed by atoms with Crippen molar-refractivity contribution in [3.8, 4) is 0 Å². The molecule has 0 bridgehead atoms. The maximum atomic E-state index is 12.0. The first kappa shape index (κ1) is 14.4. The summed E-state index contributed by atoms with van der Waals surface area (Å²) in [4.78, 5) is 0. The minimum absolute atomic E-state index is 0. The molecule has 0 atom stereocenters. The van der Waals surface area contributed by atoms with Crippen molar-refractivity contribution in [1.29, 1.82) is 0 Å². The van der Waals surface area contributed by atoms with Crippen LogP contribution in [0.1, 0.15) is 11.1 Å². The van der Waals surface area contributed by atoms with Gasteiger partial charge in [0.05, 0.1) is 0 Å². The summed E-state index contributed by atoms with van der Waals surface area (Å²) in [7, 11) is 0. The summed E-state index contributed by atoms with van der Waals surface area (Å²) in [6.07, 6.45) is -9.56. The Bertz CT molecular complexity index is 297. The van der Waals surface area contributed by atoms with Gasteiger partial charge in [0.15, 0.2) is 0 Å². The molecule has 0 heterocycles. The molecule has 0 amide bonds. The monoisotopic (exact) mass is 220 g/mol. The van der Waals surface area contributed by atoms with Crippen LogP contribution in [-0.4, -0.2) is 0 Å². The standard InChI is InChI=1S/C8H3F6.Li/c9-7(10,11)5-2-1-3-6(4-5)8(12,13)14;/h2-4H;/q-1;+1. The zero-order chi connectivity index (χ0) is 11.0.